The van der Waals surface area contributed by atoms with Crippen LogP contribution < -0.4 is 10.5 Å². The monoisotopic (exact) mass is 295 g/mol. The Labute approximate surface area is 118 Å². The molecule has 1 aromatic rings. The van der Waals surface area contributed by atoms with Gasteiger partial charge in [0.2, 0.25) is 10.0 Å². The smallest absolute Gasteiger partial charge is 0.241 e. The molecule has 1 fully saturated rings. The number of hydrogen-bond donors (Lipinski definition) is 3. The molecule has 0 radical (unpaired) electrons. The van der Waals surface area contributed by atoms with Crippen molar-refractivity contribution in [3.05, 3.63) is 23.8 Å². The van der Waals surface area contributed by atoms with Gasteiger partial charge in [-0.15, -0.1) is 0 Å². The van der Waals surface area contributed by atoms with Crippen LogP contribution in [0.25, 0.3) is 0 Å². The molecule has 0 aliphatic heterocycles. The minimum absolute atomic E-state index is 0.0319. The Kier molecular flexibility index (Phi) is 3.99. The second kappa shape index (κ2) is 5.40. The quantitative estimate of drug-likeness (QED) is 0.664. The molecule has 0 heterocycles. The van der Waals surface area contributed by atoms with Gasteiger partial charge in [0.05, 0.1) is 10.5 Å². The number of aliphatic hydroxyl groups excluding tert-OH is 1. The van der Waals surface area contributed by atoms with Crippen LogP contribution in [0, 0.1) is 16.7 Å². The summed E-state index contributed by atoms with van der Waals surface area (Å²) in [5.74, 6) is 0. The van der Waals surface area contributed by atoms with Crippen molar-refractivity contribution in [2.45, 2.75) is 24.2 Å². The average Bonchev–Trinajstić information content (AvgIpc) is 3.17. The number of rotatable bonds is 6. The van der Waals surface area contributed by atoms with E-state index in [1.54, 1.807) is 0 Å². The minimum atomic E-state index is -3.74. The number of nitrogens with two attached hydrogens (primary N) is 1. The first-order valence-corrected chi connectivity index (χ1v) is 7.81. The lowest BCUT2D eigenvalue weighted by Gasteiger charge is -2.15. The van der Waals surface area contributed by atoms with Crippen LogP contribution in [0.15, 0.2) is 23.1 Å². The summed E-state index contributed by atoms with van der Waals surface area (Å²) in [6.07, 6.45) is 2.40. The molecule has 0 saturated heterocycles. The highest BCUT2D eigenvalue weighted by Crippen LogP contribution is 2.48. The van der Waals surface area contributed by atoms with Crippen molar-refractivity contribution in [1.29, 1.82) is 5.26 Å². The zero-order valence-corrected chi connectivity index (χ0v) is 11.8. The van der Waals surface area contributed by atoms with Gasteiger partial charge in [0.25, 0.3) is 0 Å². The summed E-state index contributed by atoms with van der Waals surface area (Å²) in [5.41, 5.74) is 5.80. The predicted octanol–water partition coefficient (Wildman–Crippen LogP) is 0.581. The molecule has 7 heteroatoms. The number of nitrogen functional groups attached to an aromatic ring is 1. The number of sulfonamides is 1. The summed E-state index contributed by atoms with van der Waals surface area (Å²) < 4.78 is 27.0. The van der Waals surface area contributed by atoms with E-state index in [-0.39, 0.29) is 29.0 Å². The SMILES string of the molecule is N#Cc1cc(N)ccc1S(=O)(=O)NCC1(CCO)CC1. The summed E-state index contributed by atoms with van der Waals surface area (Å²) in [4.78, 5) is -0.0611. The summed E-state index contributed by atoms with van der Waals surface area (Å²) in [6, 6.07) is 5.97. The van der Waals surface area contributed by atoms with Gasteiger partial charge in [-0.3, -0.25) is 0 Å². The van der Waals surface area contributed by atoms with Gasteiger partial charge in [-0.2, -0.15) is 5.26 Å². The summed E-state index contributed by atoms with van der Waals surface area (Å²) in [5, 5.41) is 18.0. The minimum Gasteiger partial charge on any atom is -0.399 e. The number of nitriles is 1. The van der Waals surface area contributed by atoms with E-state index in [1.807, 2.05) is 6.07 Å². The fourth-order valence-electron chi connectivity index (χ4n) is 2.12. The van der Waals surface area contributed by atoms with Crippen LogP contribution >= 0.6 is 0 Å². The van der Waals surface area contributed by atoms with Crippen LogP contribution in [0.1, 0.15) is 24.8 Å². The molecule has 0 unspecified atom stereocenters. The second-order valence-electron chi connectivity index (χ2n) is 5.17. The van der Waals surface area contributed by atoms with Gasteiger partial charge < -0.3 is 10.8 Å². The van der Waals surface area contributed by atoms with E-state index in [9.17, 15) is 8.42 Å². The summed E-state index contributed by atoms with van der Waals surface area (Å²) >= 11 is 0. The molecule has 2 rings (SSSR count). The third-order valence-corrected chi connectivity index (χ3v) is 5.11. The maximum absolute atomic E-state index is 12.2. The van der Waals surface area contributed by atoms with Crippen LogP contribution in [0.3, 0.4) is 0 Å². The third-order valence-electron chi connectivity index (χ3n) is 3.65. The maximum atomic E-state index is 12.2. The van der Waals surface area contributed by atoms with Gasteiger partial charge in [-0.25, -0.2) is 13.1 Å². The van der Waals surface area contributed by atoms with Crippen molar-refractivity contribution in [2.75, 3.05) is 18.9 Å². The molecular formula is C13H17N3O3S. The van der Waals surface area contributed by atoms with E-state index in [1.165, 1.54) is 18.2 Å². The van der Waals surface area contributed by atoms with Gasteiger partial charge in [0.1, 0.15) is 6.07 Å². The molecule has 20 heavy (non-hydrogen) atoms. The summed E-state index contributed by atoms with van der Waals surface area (Å²) in [7, 11) is -3.74. The molecule has 0 atom stereocenters. The highest BCUT2D eigenvalue weighted by atomic mass is 32.2. The number of aliphatic hydroxyl groups is 1. The van der Waals surface area contributed by atoms with Crippen molar-refractivity contribution in [2.24, 2.45) is 5.41 Å². The fraction of sp³-hybridized carbons (Fsp3) is 0.462. The van der Waals surface area contributed by atoms with Crippen molar-refractivity contribution in [3.63, 3.8) is 0 Å². The third kappa shape index (κ3) is 3.10. The number of hydrogen-bond acceptors (Lipinski definition) is 5. The Morgan fingerprint density at radius 1 is 1.45 bits per heavy atom. The first-order valence-electron chi connectivity index (χ1n) is 6.33. The van der Waals surface area contributed by atoms with E-state index in [4.69, 9.17) is 16.1 Å². The normalized spacial score (nSPS) is 16.6. The standard InChI is InChI=1S/C13H17N3O3S/c14-8-10-7-11(15)1-2-12(10)20(18,19)16-9-13(3-4-13)5-6-17/h1-2,7,16-17H,3-6,9,15H2. The van der Waals surface area contributed by atoms with E-state index >= 15 is 0 Å². The number of nitrogens with one attached hydrogen (secondary N) is 1. The van der Waals surface area contributed by atoms with Crippen molar-refractivity contribution >= 4 is 15.7 Å². The lowest BCUT2D eigenvalue weighted by molar-refractivity contribution is 0.249. The van der Waals surface area contributed by atoms with E-state index in [0.717, 1.165) is 12.8 Å². The lowest BCUT2D eigenvalue weighted by Crippen LogP contribution is -2.31. The second-order valence-corrected chi connectivity index (χ2v) is 6.90. The molecule has 1 aromatic carbocycles. The van der Waals surface area contributed by atoms with Crippen LogP contribution in [-0.4, -0.2) is 26.7 Å². The highest BCUT2D eigenvalue weighted by Gasteiger charge is 2.42. The Bertz CT molecular complexity index is 645. The number of benzene rings is 1. The number of nitrogens with zero attached hydrogens (tertiary/aromatic N) is 1. The first kappa shape index (κ1) is 14.8. The molecule has 1 aliphatic rings. The molecule has 0 amide bonds. The molecule has 0 bridgehead atoms. The predicted molar refractivity (Wildman–Crippen MR) is 74.1 cm³/mol. The van der Waals surface area contributed by atoms with E-state index < -0.39 is 10.0 Å². The van der Waals surface area contributed by atoms with Crippen molar-refractivity contribution in [1.82, 2.24) is 4.72 Å². The average molecular weight is 295 g/mol. The van der Waals surface area contributed by atoms with Gasteiger partial charge in [-0.1, -0.05) is 0 Å². The van der Waals surface area contributed by atoms with Crippen molar-refractivity contribution in [3.8, 4) is 6.07 Å². The molecule has 0 aromatic heterocycles. The molecule has 1 aliphatic carbocycles. The first-order chi connectivity index (χ1) is 9.42. The molecule has 0 spiro atoms. The molecule has 4 N–H and O–H groups in total. The van der Waals surface area contributed by atoms with Crippen LogP contribution in [-0.2, 0) is 10.0 Å². The largest absolute Gasteiger partial charge is 0.399 e. The van der Waals surface area contributed by atoms with Crippen LogP contribution in [0.5, 0.6) is 0 Å². The van der Waals surface area contributed by atoms with Gasteiger partial charge in [-0.05, 0) is 42.9 Å². The van der Waals surface area contributed by atoms with Crippen LogP contribution in [0.4, 0.5) is 5.69 Å². The Morgan fingerprint density at radius 3 is 2.70 bits per heavy atom. The summed E-state index contributed by atoms with van der Waals surface area (Å²) in [6.45, 7) is 0.332. The highest BCUT2D eigenvalue weighted by molar-refractivity contribution is 7.89. The number of anilines is 1. The van der Waals surface area contributed by atoms with E-state index in [2.05, 4.69) is 4.72 Å². The zero-order valence-electron chi connectivity index (χ0n) is 11.0. The lowest BCUT2D eigenvalue weighted by atomic mass is 10.0. The Balaban J connectivity index is 2.17. The Morgan fingerprint density at radius 2 is 2.15 bits per heavy atom. The van der Waals surface area contributed by atoms with E-state index in [0.29, 0.717) is 12.1 Å². The maximum Gasteiger partial charge on any atom is 0.241 e. The topological polar surface area (TPSA) is 116 Å². The Hall–Kier alpha value is -1.62. The zero-order chi connectivity index (χ0) is 14.8. The van der Waals surface area contributed by atoms with Gasteiger partial charge in [0, 0.05) is 18.8 Å². The van der Waals surface area contributed by atoms with Gasteiger partial charge in [0.15, 0.2) is 0 Å². The van der Waals surface area contributed by atoms with Crippen molar-refractivity contribution < 1.29 is 13.5 Å². The molecule has 1 saturated carbocycles. The fourth-order valence-corrected chi connectivity index (χ4v) is 3.42. The molecular weight excluding hydrogens is 278 g/mol. The van der Waals surface area contributed by atoms with Crippen LogP contribution in [0.2, 0.25) is 0 Å². The molecule has 108 valence electrons. The molecule has 6 nitrogen and oxygen atoms in total. The van der Waals surface area contributed by atoms with Gasteiger partial charge >= 0.3 is 0 Å².